The maximum atomic E-state index is 12.2. The number of carbonyl (C=O) groups is 1. The second-order valence-electron chi connectivity index (χ2n) is 4.02. The molecule has 2 atom stereocenters. The van der Waals surface area contributed by atoms with Gasteiger partial charge >= 0.3 is 0 Å². The summed E-state index contributed by atoms with van der Waals surface area (Å²) in [6.45, 7) is 4.89. The summed E-state index contributed by atoms with van der Waals surface area (Å²) in [6, 6.07) is 0.360. The van der Waals surface area contributed by atoms with E-state index in [4.69, 9.17) is 0 Å². The van der Waals surface area contributed by atoms with Crippen LogP contribution in [0.2, 0.25) is 0 Å². The van der Waals surface area contributed by atoms with E-state index in [0.29, 0.717) is 11.9 Å². The van der Waals surface area contributed by atoms with Crippen molar-refractivity contribution in [1.82, 2.24) is 10.2 Å². The third-order valence-corrected chi connectivity index (χ3v) is 5.62. The molecule has 2 aliphatic heterocycles. The molecule has 0 saturated carbocycles. The van der Waals surface area contributed by atoms with Crippen molar-refractivity contribution in [2.75, 3.05) is 36.9 Å². The van der Waals surface area contributed by atoms with E-state index in [1.807, 2.05) is 23.5 Å². The van der Waals surface area contributed by atoms with Crippen LogP contribution in [0.1, 0.15) is 6.92 Å². The number of hydrogen-bond donors (Lipinski definition) is 1. The predicted octanol–water partition coefficient (Wildman–Crippen LogP) is 1.08. The molecule has 2 heterocycles. The van der Waals surface area contributed by atoms with Crippen molar-refractivity contribution < 1.29 is 4.79 Å². The fourth-order valence-corrected chi connectivity index (χ4v) is 4.60. The smallest absolute Gasteiger partial charge is 0.236 e. The number of amides is 1. The van der Waals surface area contributed by atoms with E-state index in [1.165, 1.54) is 5.75 Å². The normalized spacial score (nSPS) is 30.7. The molecule has 1 amide bonds. The highest BCUT2D eigenvalue weighted by molar-refractivity contribution is 8.07. The molecule has 1 N–H and O–H groups in total. The number of piperazine rings is 1. The zero-order valence-electron chi connectivity index (χ0n) is 9.48. The van der Waals surface area contributed by atoms with Crippen LogP contribution in [0.15, 0.2) is 0 Å². The number of halogens is 1. The summed E-state index contributed by atoms with van der Waals surface area (Å²) >= 11 is 3.75. The summed E-state index contributed by atoms with van der Waals surface area (Å²) in [5, 5.41) is 3.53. The Morgan fingerprint density at radius 1 is 1.44 bits per heavy atom. The molecule has 16 heavy (non-hydrogen) atoms. The van der Waals surface area contributed by atoms with Crippen LogP contribution in [0.25, 0.3) is 0 Å². The number of rotatable bonds is 1. The summed E-state index contributed by atoms with van der Waals surface area (Å²) in [4.78, 5) is 14.3. The van der Waals surface area contributed by atoms with E-state index in [1.54, 1.807) is 0 Å². The minimum Gasteiger partial charge on any atom is -0.336 e. The molecule has 0 aliphatic carbocycles. The lowest BCUT2D eigenvalue weighted by molar-refractivity contribution is -0.132. The van der Waals surface area contributed by atoms with Gasteiger partial charge in [0.15, 0.2) is 0 Å². The molecule has 0 radical (unpaired) electrons. The van der Waals surface area contributed by atoms with Crippen molar-refractivity contribution in [3.63, 3.8) is 0 Å². The van der Waals surface area contributed by atoms with Crippen LogP contribution in [-0.4, -0.2) is 59.0 Å². The molecule has 1 unspecified atom stereocenters. The molecule has 0 aromatic rings. The van der Waals surface area contributed by atoms with Crippen molar-refractivity contribution in [3.8, 4) is 0 Å². The molecule has 0 aromatic heterocycles. The molecular formula is C10H19ClN2OS2. The minimum atomic E-state index is 0. The molecule has 3 nitrogen and oxygen atoms in total. The van der Waals surface area contributed by atoms with Crippen LogP contribution < -0.4 is 5.32 Å². The van der Waals surface area contributed by atoms with Crippen LogP contribution in [-0.2, 0) is 4.79 Å². The Labute approximate surface area is 112 Å². The quantitative estimate of drug-likeness (QED) is 0.780. The molecule has 94 valence electrons. The van der Waals surface area contributed by atoms with Gasteiger partial charge in [-0.25, -0.2) is 0 Å². The van der Waals surface area contributed by atoms with E-state index in [-0.39, 0.29) is 17.7 Å². The first kappa shape index (κ1) is 14.5. The zero-order chi connectivity index (χ0) is 10.7. The van der Waals surface area contributed by atoms with Crippen LogP contribution in [0.3, 0.4) is 0 Å². The number of thioether (sulfide) groups is 2. The van der Waals surface area contributed by atoms with Gasteiger partial charge in [0.25, 0.3) is 0 Å². The molecule has 0 spiro atoms. The Bertz CT molecular complexity index is 237. The second-order valence-corrected chi connectivity index (χ2v) is 6.48. The third kappa shape index (κ3) is 3.45. The lowest BCUT2D eigenvalue weighted by atomic mass is 10.2. The van der Waals surface area contributed by atoms with Crippen molar-refractivity contribution in [3.05, 3.63) is 0 Å². The van der Waals surface area contributed by atoms with Gasteiger partial charge in [-0.15, -0.1) is 24.2 Å². The number of carbonyl (C=O) groups excluding carboxylic acids is 1. The zero-order valence-corrected chi connectivity index (χ0v) is 11.9. The topological polar surface area (TPSA) is 32.3 Å². The maximum absolute atomic E-state index is 12.2. The van der Waals surface area contributed by atoms with E-state index < -0.39 is 0 Å². The van der Waals surface area contributed by atoms with Crippen molar-refractivity contribution in [2.24, 2.45) is 0 Å². The van der Waals surface area contributed by atoms with Crippen LogP contribution in [0.5, 0.6) is 0 Å². The third-order valence-electron chi connectivity index (χ3n) is 2.88. The molecule has 0 bridgehead atoms. The van der Waals surface area contributed by atoms with Gasteiger partial charge in [0.2, 0.25) is 5.91 Å². The molecular weight excluding hydrogens is 264 g/mol. The second kappa shape index (κ2) is 6.99. The Morgan fingerprint density at radius 2 is 2.25 bits per heavy atom. The summed E-state index contributed by atoms with van der Waals surface area (Å²) in [5.41, 5.74) is 0. The molecule has 2 fully saturated rings. The van der Waals surface area contributed by atoms with Gasteiger partial charge in [0.1, 0.15) is 0 Å². The highest BCUT2D eigenvalue weighted by atomic mass is 35.5. The number of nitrogens with zero attached hydrogens (tertiary/aromatic N) is 1. The van der Waals surface area contributed by atoms with Crippen molar-refractivity contribution in [1.29, 1.82) is 0 Å². The summed E-state index contributed by atoms with van der Waals surface area (Å²) in [6.07, 6.45) is 0. The van der Waals surface area contributed by atoms with Gasteiger partial charge in [-0.1, -0.05) is 0 Å². The average Bonchev–Trinajstić information content (AvgIpc) is 2.30. The lowest BCUT2D eigenvalue weighted by Crippen LogP contribution is -2.55. The van der Waals surface area contributed by atoms with Gasteiger partial charge in [0.05, 0.1) is 5.25 Å². The molecule has 6 heteroatoms. The molecule has 2 aliphatic rings. The largest absolute Gasteiger partial charge is 0.336 e. The Hall–Kier alpha value is 0.420. The van der Waals surface area contributed by atoms with E-state index in [0.717, 1.165) is 31.1 Å². The molecule has 0 aromatic carbocycles. The molecule has 2 rings (SSSR count). The number of nitrogens with one attached hydrogen (secondary N) is 1. The monoisotopic (exact) mass is 282 g/mol. The van der Waals surface area contributed by atoms with Crippen LogP contribution in [0.4, 0.5) is 0 Å². The lowest BCUT2D eigenvalue weighted by Gasteiger charge is -2.36. The number of hydrogen-bond acceptors (Lipinski definition) is 4. The van der Waals surface area contributed by atoms with E-state index in [9.17, 15) is 4.79 Å². The summed E-state index contributed by atoms with van der Waals surface area (Å²) < 4.78 is 0. The van der Waals surface area contributed by atoms with Crippen LogP contribution >= 0.6 is 35.9 Å². The Morgan fingerprint density at radius 3 is 2.88 bits per heavy atom. The van der Waals surface area contributed by atoms with Crippen molar-refractivity contribution >= 4 is 41.8 Å². The predicted molar refractivity (Wildman–Crippen MR) is 74.9 cm³/mol. The summed E-state index contributed by atoms with van der Waals surface area (Å²) in [7, 11) is 0. The SMILES string of the molecule is C[C@@H]1CNCCN1C(=O)C1CSCCS1.Cl. The van der Waals surface area contributed by atoms with E-state index in [2.05, 4.69) is 17.1 Å². The van der Waals surface area contributed by atoms with Gasteiger partial charge in [-0.3, -0.25) is 4.79 Å². The van der Waals surface area contributed by atoms with Crippen LogP contribution in [0, 0.1) is 0 Å². The van der Waals surface area contributed by atoms with Gasteiger partial charge in [-0.05, 0) is 6.92 Å². The van der Waals surface area contributed by atoms with Crippen molar-refractivity contribution in [2.45, 2.75) is 18.2 Å². The first-order valence-electron chi connectivity index (χ1n) is 5.49. The maximum Gasteiger partial charge on any atom is 0.236 e. The minimum absolute atomic E-state index is 0. The fourth-order valence-electron chi connectivity index (χ4n) is 1.98. The highest BCUT2D eigenvalue weighted by Crippen LogP contribution is 2.26. The van der Waals surface area contributed by atoms with E-state index >= 15 is 0 Å². The highest BCUT2D eigenvalue weighted by Gasteiger charge is 2.30. The first-order chi connectivity index (χ1) is 7.29. The van der Waals surface area contributed by atoms with Gasteiger partial charge < -0.3 is 10.2 Å². The summed E-state index contributed by atoms with van der Waals surface area (Å²) in [5.74, 6) is 3.69. The van der Waals surface area contributed by atoms with Gasteiger partial charge in [0, 0.05) is 42.9 Å². The average molecular weight is 283 g/mol. The Balaban J connectivity index is 0.00000128. The fraction of sp³-hybridized carbons (Fsp3) is 0.900. The van der Waals surface area contributed by atoms with Gasteiger partial charge in [-0.2, -0.15) is 11.8 Å². The molecule has 2 saturated heterocycles. The standard InChI is InChI=1S/C10H18N2OS2.ClH/c1-8-6-11-2-3-12(8)10(13)9-7-14-4-5-15-9;/h8-9,11H,2-7H2,1H3;1H/t8-,9?;/m1./s1. The Kier molecular flexibility index (Phi) is 6.32. The first-order valence-corrected chi connectivity index (χ1v) is 7.70.